The third-order valence-corrected chi connectivity index (χ3v) is 3.82. The normalized spacial score (nSPS) is 18.8. The van der Waals surface area contributed by atoms with Crippen LogP contribution >= 0.6 is 0 Å². The molecular weight excluding hydrogens is 238 g/mol. The molecule has 3 N–H and O–H groups in total. The van der Waals surface area contributed by atoms with Gasteiger partial charge >= 0.3 is 0 Å². The SMILES string of the molecule is C=C(C)CNC(N)=NCC1(CS(C)(=O)=O)CC1. The summed E-state index contributed by atoms with van der Waals surface area (Å²) in [6.07, 6.45) is 3.09. The lowest BCUT2D eigenvalue weighted by molar-refractivity contribution is 0.551. The highest BCUT2D eigenvalue weighted by Gasteiger charge is 2.45. The van der Waals surface area contributed by atoms with Crippen LogP contribution in [0.1, 0.15) is 19.8 Å². The Balaban J connectivity index is 2.44. The maximum Gasteiger partial charge on any atom is 0.188 e. The molecule has 1 aliphatic rings. The zero-order valence-corrected chi connectivity index (χ0v) is 11.3. The molecule has 1 fully saturated rings. The van der Waals surface area contributed by atoms with Gasteiger partial charge in [-0.2, -0.15) is 0 Å². The fourth-order valence-electron chi connectivity index (χ4n) is 1.63. The van der Waals surface area contributed by atoms with Gasteiger partial charge in [0.1, 0.15) is 9.84 Å². The fraction of sp³-hybridized carbons (Fsp3) is 0.727. The van der Waals surface area contributed by atoms with Crippen molar-refractivity contribution in [3.05, 3.63) is 12.2 Å². The van der Waals surface area contributed by atoms with Gasteiger partial charge in [0.2, 0.25) is 0 Å². The average Bonchev–Trinajstić information content (AvgIpc) is 2.89. The number of guanidine groups is 1. The Bertz CT molecular complexity index is 422. The van der Waals surface area contributed by atoms with E-state index in [1.807, 2.05) is 6.92 Å². The Kier molecular flexibility index (Phi) is 4.19. The van der Waals surface area contributed by atoms with Crippen LogP contribution in [0.2, 0.25) is 0 Å². The van der Waals surface area contributed by atoms with Gasteiger partial charge in [-0.15, -0.1) is 0 Å². The van der Waals surface area contributed by atoms with E-state index in [1.165, 1.54) is 6.26 Å². The van der Waals surface area contributed by atoms with E-state index in [0.717, 1.165) is 18.4 Å². The van der Waals surface area contributed by atoms with Crippen molar-refractivity contribution in [2.75, 3.05) is 25.1 Å². The number of sulfone groups is 1. The van der Waals surface area contributed by atoms with E-state index < -0.39 is 9.84 Å². The number of nitrogens with one attached hydrogen (secondary N) is 1. The van der Waals surface area contributed by atoms with Crippen LogP contribution in [0.15, 0.2) is 17.1 Å². The molecule has 0 atom stereocenters. The molecule has 17 heavy (non-hydrogen) atoms. The average molecular weight is 259 g/mol. The van der Waals surface area contributed by atoms with E-state index in [2.05, 4.69) is 16.9 Å². The van der Waals surface area contributed by atoms with Crippen molar-refractivity contribution in [3.63, 3.8) is 0 Å². The van der Waals surface area contributed by atoms with Gasteiger partial charge in [0.25, 0.3) is 0 Å². The van der Waals surface area contributed by atoms with Crippen molar-refractivity contribution >= 4 is 15.8 Å². The van der Waals surface area contributed by atoms with E-state index in [-0.39, 0.29) is 11.2 Å². The summed E-state index contributed by atoms with van der Waals surface area (Å²) in [7, 11) is -2.94. The monoisotopic (exact) mass is 259 g/mol. The van der Waals surface area contributed by atoms with Crippen LogP contribution in [0.4, 0.5) is 0 Å². The third-order valence-electron chi connectivity index (χ3n) is 2.68. The number of hydrogen-bond acceptors (Lipinski definition) is 3. The molecule has 0 aliphatic heterocycles. The zero-order chi connectivity index (χ0) is 13.1. The van der Waals surface area contributed by atoms with Crippen LogP contribution in [0, 0.1) is 5.41 Å². The molecule has 1 saturated carbocycles. The lowest BCUT2D eigenvalue weighted by atomic mass is 10.1. The fourth-order valence-corrected chi connectivity index (χ4v) is 3.12. The van der Waals surface area contributed by atoms with Crippen molar-refractivity contribution in [1.29, 1.82) is 0 Å². The third kappa shape index (κ3) is 5.72. The molecule has 0 radical (unpaired) electrons. The van der Waals surface area contributed by atoms with Gasteiger partial charge in [-0.25, -0.2) is 8.42 Å². The minimum Gasteiger partial charge on any atom is -0.370 e. The standard InChI is InChI=1S/C11H21N3O2S/c1-9(2)6-13-10(12)14-7-11(4-5-11)8-17(3,15)16/h1,4-8H2,2-3H3,(H3,12,13,14). The van der Waals surface area contributed by atoms with E-state index in [0.29, 0.717) is 19.0 Å². The number of nitrogens with two attached hydrogens (primary N) is 1. The van der Waals surface area contributed by atoms with E-state index in [4.69, 9.17) is 5.73 Å². The molecule has 0 aromatic rings. The summed E-state index contributed by atoms with van der Waals surface area (Å²) in [4.78, 5) is 4.19. The molecular formula is C11H21N3O2S. The smallest absolute Gasteiger partial charge is 0.188 e. The van der Waals surface area contributed by atoms with Gasteiger partial charge in [0.05, 0.1) is 5.75 Å². The van der Waals surface area contributed by atoms with Crippen molar-refractivity contribution in [1.82, 2.24) is 5.32 Å². The number of hydrogen-bond donors (Lipinski definition) is 2. The molecule has 98 valence electrons. The predicted octanol–water partition coefficient (Wildman–Crippen LogP) is 0.292. The first-order valence-electron chi connectivity index (χ1n) is 5.58. The minimum atomic E-state index is -2.94. The maximum atomic E-state index is 11.2. The van der Waals surface area contributed by atoms with Crippen LogP contribution in [0.5, 0.6) is 0 Å². The largest absolute Gasteiger partial charge is 0.370 e. The van der Waals surface area contributed by atoms with E-state index in [1.54, 1.807) is 0 Å². The zero-order valence-electron chi connectivity index (χ0n) is 10.5. The van der Waals surface area contributed by atoms with Crippen molar-refractivity contribution < 1.29 is 8.42 Å². The summed E-state index contributed by atoms with van der Waals surface area (Å²) in [5.41, 5.74) is 6.48. The first-order chi connectivity index (χ1) is 7.72. The molecule has 1 aliphatic carbocycles. The summed E-state index contributed by atoms with van der Waals surface area (Å²) < 4.78 is 22.5. The van der Waals surface area contributed by atoms with Crippen LogP contribution in [0.3, 0.4) is 0 Å². The first-order valence-corrected chi connectivity index (χ1v) is 7.64. The second-order valence-electron chi connectivity index (χ2n) is 5.08. The number of rotatable bonds is 6. The molecule has 0 saturated heterocycles. The highest BCUT2D eigenvalue weighted by atomic mass is 32.2. The van der Waals surface area contributed by atoms with Gasteiger partial charge < -0.3 is 11.1 Å². The Morgan fingerprint density at radius 3 is 2.53 bits per heavy atom. The summed E-state index contributed by atoms with van der Waals surface area (Å²) in [6.45, 7) is 6.71. The minimum absolute atomic E-state index is 0.164. The lowest BCUT2D eigenvalue weighted by Crippen LogP contribution is -2.33. The van der Waals surface area contributed by atoms with Gasteiger partial charge in [0.15, 0.2) is 5.96 Å². The molecule has 0 heterocycles. The summed E-state index contributed by atoms with van der Waals surface area (Å²) in [5.74, 6) is 0.560. The topological polar surface area (TPSA) is 84.5 Å². The van der Waals surface area contributed by atoms with E-state index in [9.17, 15) is 8.42 Å². The molecule has 6 heteroatoms. The van der Waals surface area contributed by atoms with Crippen molar-refractivity contribution in [3.8, 4) is 0 Å². The molecule has 0 bridgehead atoms. The van der Waals surface area contributed by atoms with Gasteiger partial charge in [-0.3, -0.25) is 4.99 Å². The van der Waals surface area contributed by atoms with Crippen LogP contribution in [-0.4, -0.2) is 39.5 Å². The molecule has 0 amide bonds. The molecule has 1 rings (SSSR count). The Labute approximate surface area is 103 Å². The second kappa shape index (κ2) is 5.08. The molecule has 5 nitrogen and oxygen atoms in total. The van der Waals surface area contributed by atoms with Crippen molar-refractivity contribution in [2.24, 2.45) is 16.1 Å². The summed E-state index contributed by atoms with van der Waals surface area (Å²) in [6, 6.07) is 0. The van der Waals surface area contributed by atoms with E-state index >= 15 is 0 Å². The van der Waals surface area contributed by atoms with Gasteiger partial charge in [-0.05, 0) is 19.8 Å². The lowest BCUT2D eigenvalue weighted by Gasteiger charge is -2.11. The quantitative estimate of drug-likeness (QED) is 0.408. The first kappa shape index (κ1) is 14.0. The molecule has 0 unspecified atom stereocenters. The summed E-state index contributed by atoms with van der Waals surface area (Å²) in [5, 5.41) is 2.92. The van der Waals surface area contributed by atoms with Gasteiger partial charge in [-0.1, -0.05) is 12.2 Å². The van der Waals surface area contributed by atoms with Crippen molar-refractivity contribution in [2.45, 2.75) is 19.8 Å². The Hall–Kier alpha value is -1.04. The Morgan fingerprint density at radius 2 is 2.12 bits per heavy atom. The highest BCUT2D eigenvalue weighted by molar-refractivity contribution is 7.90. The van der Waals surface area contributed by atoms with Gasteiger partial charge in [0, 0.05) is 24.8 Å². The Morgan fingerprint density at radius 1 is 1.53 bits per heavy atom. The molecule has 0 aromatic carbocycles. The highest BCUT2D eigenvalue weighted by Crippen LogP contribution is 2.46. The molecule has 0 aromatic heterocycles. The van der Waals surface area contributed by atoms with Crippen LogP contribution < -0.4 is 11.1 Å². The predicted molar refractivity (Wildman–Crippen MR) is 70.7 cm³/mol. The second-order valence-corrected chi connectivity index (χ2v) is 7.22. The number of nitrogens with zero attached hydrogens (tertiary/aromatic N) is 1. The summed E-state index contributed by atoms with van der Waals surface area (Å²) >= 11 is 0. The number of aliphatic imine (C=N–C) groups is 1. The molecule has 0 spiro atoms. The maximum absolute atomic E-state index is 11.2. The van der Waals surface area contributed by atoms with Crippen LogP contribution in [-0.2, 0) is 9.84 Å². The van der Waals surface area contributed by atoms with Crippen LogP contribution in [0.25, 0.3) is 0 Å².